The molecule has 4 nitrogen and oxygen atoms in total. The van der Waals surface area contributed by atoms with E-state index >= 15 is 0 Å². The molecule has 1 saturated carbocycles. The Hall–Kier alpha value is -1.26. The van der Waals surface area contributed by atoms with E-state index in [1.165, 1.54) is 19.3 Å². The molecule has 0 heterocycles. The second-order valence-electron chi connectivity index (χ2n) is 5.42. The molecular weight excluding hydrogens is 266 g/mol. The quantitative estimate of drug-likeness (QED) is 0.749. The van der Waals surface area contributed by atoms with E-state index in [1.54, 1.807) is 0 Å². The van der Waals surface area contributed by atoms with Crippen molar-refractivity contribution in [1.82, 2.24) is 0 Å². The average molecular weight is 293 g/mol. The fourth-order valence-corrected chi connectivity index (χ4v) is 2.86. The lowest BCUT2D eigenvalue weighted by Gasteiger charge is -2.30. The average Bonchev–Trinajstić information content (AvgIpc) is 2.53. The second-order valence-corrected chi connectivity index (χ2v) is 5.42. The summed E-state index contributed by atoms with van der Waals surface area (Å²) >= 11 is 0. The summed E-state index contributed by atoms with van der Waals surface area (Å²) in [7, 11) is 0. The molecule has 2 rings (SSSR count). The molecule has 1 aromatic rings. The molecule has 0 amide bonds. The van der Waals surface area contributed by atoms with Gasteiger partial charge >= 0.3 is 0 Å². The van der Waals surface area contributed by atoms with Gasteiger partial charge in [0.25, 0.3) is 0 Å². The number of ether oxygens (including phenoxy) is 3. The maximum Gasteiger partial charge on any atom is 0.161 e. The molecule has 2 N–H and O–H groups in total. The lowest BCUT2D eigenvalue weighted by atomic mass is 9.86. The summed E-state index contributed by atoms with van der Waals surface area (Å²) < 4.78 is 17.3. The molecule has 21 heavy (non-hydrogen) atoms. The van der Waals surface area contributed by atoms with Crippen LogP contribution in [-0.4, -0.2) is 32.5 Å². The predicted octanol–water partition coefficient (Wildman–Crippen LogP) is 3.00. The van der Waals surface area contributed by atoms with Gasteiger partial charge < -0.3 is 19.9 Å². The maximum atomic E-state index is 5.96. The van der Waals surface area contributed by atoms with Gasteiger partial charge in [0.05, 0.1) is 19.3 Å². The topological polar surface area (TPSA) is 53.7 Å². The van der Waals surface area contributed by atoms with Crippen molar-refractivity contribution in [2.45, 2.75) is 38.7 Å². The molecule has 0 saturated heterocycles. The Labute approximate surface area is 127 Å². The Morgan fingerprint density at radius 1 is 1.05 bits per heavy atom. The zero-order valence-electron chi connectivity index (χ0n) is 12.9. The van der Waals surface area contributed by atoms with Gasteiger partial charge in [0.1, 0.15) is 6.61 Å². The van der Waals surface area contributed by atoms with Crippen molar-refractivity contribution >= 4 is 0 Å². The van der Waals surface area contributed by atoms with E-state index in [0.29, 0.717) is 31.8 Å². The Balaban J connectivity index is 1.74. The van der Waals surface area contributed by atoms with Gasteiger partial charge in [0.15, 0.2) is 11.5 Å². The van der Waals surface area contributed by atoms with Crippen molar-refractivity contribution in [3.8, 4) is 11.5 Å². The van der Waals surface area contributed by atoms with Gasteiger partial charge in [0.2, 0.25) is 0 Å². The smallest absolute Gasteiger partial charge is 0.161 e. The van der Waals surface area contributed by atoms with Crippen LogP contribution in [0.2, 0.25) is 0 Å². The second kappa shape index (κ2) is 8.90. The normalized spacial score (nSPS) is 22.0. The van der Waals surface area contributed by atoms with Crippen molar-refractivity contribution in [3.05, 3.63) is 24.3 Å². The largest absolute Gasteiger partial charge is 0.490 e. The third-order valence-corrected chi connectivity index (χ3v) is 3.96. The summed E-state index contributed by atoms with van der Waals surface area (Å²) in [6, 6.07) is 7.74. The van der Waals surface area contributed by atoms with E-state index in [9.17, 15) is 0 Å². The highest BCUT2D eigenvalue weighted by atomic mass is 16.5. The minimum absolute atomic E-state index is 0.300. The summed E-state index contributed by atoms with van der Waals surface area (Å²) in [5.74, 6) is 2.08. The van der Waals surface area contributed by atoms with Crippen molar-refractivity contribution in [3.63, 3.8) is 0 Å². The Bertz CT molecular complexity index is 411. The third-order valence-electron chi connectivity index (χ3n) is 3.96. The molecule has 4 heteroatoms. The van der Waals surface area contributed by atoms with E-state index in [2.05, 4.69) is 0 Å². The van der Waals surface area contributed by atoms with Crippen LogP contribution < -0.4 is 15.2 Å². The van der Waals surface area contributed by atoms with Crippen molar-refractivity contribution < 1.29 is 14.2 Å². The number of para-hydroxylation sites is 2. The van der Waals surface area contributed by atoms with E-state index < -0.39 is 0 Å². The Morgan fingerprint density at radius 3 is 2.48 bits per heavy atom. The van der Waals surface area contributed by atoms with Crippen LogP contribution in [0.15, 0.2) is 24.3 Å². The molecule has 1 aliphatic carbocycles. The number of hydrogen-bond donors (Lipinski definition) is 1. The monoisotopic (exact) mass is 293 g/mol. The van der Waals surface area contributed by atoms with Crippen LogP contribution in [-0.2, 0) is 4.74 Å². The third kappa shape index (κ3) is 4.90. The van der Waals surface area contributed by atoms with Gasteiger partial charge in [-0.05, 0) is 44.4 Å². The van der Waals surface area contributed by atoms with Gasteiger partial charge in [-0.15, -0.1) is 0 Å². The lowest BCUT2D eigenvalue weighted by molar-refractivity contribution is -0.0194. The van der Waals surface area contributed by atoms with Crippen LogP contribution in [0.4, 0.5) is 0 Å². The van der Waals surface area contributed by atoms with E-state index in [0.717, 1.165) is 24.5 Å². The zero-order valence-corrected chi connectivity index (χ0v) is 12.9. The van der Waals surface area contributed by atoms with E-state index in [4.69, 9.17) is 19.9 Å². The minimum Gasteiger partial charge on any atom is -0.490 e. The van der Waals surface area contributed by atoms with Gasteiger partial charge in [-0.1, -0.05) is 25.0 Å². The van der Waals surface area contributed by atoms with Gasteiger partial charge in [-0.2, -0.15) is 0 Å². The van der Waals surface area contributed by atoms with Gasteiger partial charge in [0, 0.05) is 0 Å². The maximum absolute atomic E-state index is 5.96. The number of nitrogens with two attached hydrogens (primary N) is 1. The zero-order chi connectivity index (χ0) is 14.9. The SMILES string of the molecule is CCOc1ccccc1OCCOC1CCCCC1CN. The number of benzene rings is 1. The summed E-state index contributed by atoms with van der Waals surface area (Å²) in [6.45, 7) is 4.46. The molecule has 0 radical (unpaired) electrons. The molecule has 0 spiro atoms. The van der Waals surface area contributed by atoms with Crippen LogP contribution >= 0.6 is 0 Å². The van der Waals surface area contributed by atoms with Crippen molar-refractivity contribution in [1.29, 1.82) is 0 Å². The lowest BCUT2D eigenvalue weighted by Crippen LogP contribution is -2.34. The fraction of sp³-hybridized carbons (Fsp3) is 0.647. The molecule has 0 aromatic heterocycles. The van der Waals surface area contributed by atoms with Crippen LogP contribution in [0.25, 0.3) is 0 Å². The van der Waals surface area contributed by atoms with Gasteiger partial charge in [-0.3, -0.25) is 0 Å². The minimum atomic E-state index is 0.300. The first-order chi connectivity index (χ1) is 10.3. The molecule has 0 bridgehead atoms. The highest BCUT2D eigenvalue weighted by Gasteiger charge is 2.24. The summed E-state index contributed by atoms with van der Waals surface area (Å²) in [4.78, 5) is 0. The molecule has 1 fully saturated rings. The molecule has 1 aliphatic rings. The molecule has 1 aromatic carbocycles. The standard InChI is InChI=1S/C17H27NO3/c1-2-19-16-9-5-6-10-17(16)21-12-11-20-15-8-4-3-7-14(15)13-18/h5-6,9-10,14-15H,2-4,7-8,11-13,18H2,1H3. The van der Waals surface area contributed by atoms with Crippen LogP contribution in [0, 0.1) is 5.92 Å². The number of rotatable bonds is 8. The molecular formula is C17H27NO3. The number of hydrogen-bond acceptors (Lipinski definition) is 4. The first-order valence-electron chi connectivity index (χ1n) is 8.01. The molecule has 118 valence electrons. The van der Waals surface area contributed by atoms with Crippen LogP contribution in [0.3, 0.4) is 0 Å². The molecule has 0 aliphatic heterocycles. The first-order valence-corrected chi connectivity index (χ1v) is 8.01. The summed E-state index contributed by atoms with van der Waals surface area (Å²) in [5, 5.41) is 0. The van der Waals surface area contributed by atoms with Crippen LogP contribution in [0.1, 0.15) is 32.6 Å². The van der Waals surface area contributed by atoms with E-state index in [1.807, 2.05) is 31.2 Å². The Morgan fingerprint density at radius 2 is 1.76 bits per heavy atom. The van der Waals surface area contributed by atoms with Crippen molar-refractivity contribution in [2.75, 3.05) is 26.4 Å². The summed E-state index contributed by atoms with van der Waals surface area (Å²) in [6.07, 6.45) is 5.14. The predicted molar refractivity (Wildman–Crippen MR) is 83.9 cm³/mol. The molecule has 2 atom stereocenters. The molecule has 2 unspecified atom stereocenters. The van der Waals surface area contributed by atoms with E-state index in [-0.39, 0.29) is 0 Å². The van der Waals surface area contributed by atoms with Gasteiger partial charge in [-0.25, -0.2) is 0 Å². The summed E-state index contributed by atoms with van der Waals surface area (Å²) in [5.41, 5.74) is 5.81. The van der Waals surface area contributed by atoms with Crippen molar-refractivity contribution in [2.24, 2.45) is 11.7 Å². The highest BCUT2D eigenvalue weighted by molar-refractivity contribution is 5.39. The highest BCUT2D eigenvalue weighted by Crippen LogP contribution is 2.27. The van der Waals surface area contributed by atoms with Crippen LogP contribution in [0.5, 0.6) is 11.5 Å². The first kappa shape index (κ1) is 16.1. The fourth-order valence-electron chi connectivity index (χ4n) is 2.86. The Kier molecular flexibility index (Phi) is 6.83.